The molecule has 0 saturated carbocycles. The topological polar surface area (TPSA) is 66.2 Å². The predicted molar refractivity (Wildman–Crippen MR) is 114 cm³/mol. The number of aliphatic hydroxyl groups excluding tert-OH is 2. The van der Waals surface area contributed by atoms with Crippen molar-refractivity contribution in [2.75, 3.05) is 0 Å². The van der Waals surface area contributed by atoms with Crippen molar-refractivity contribution >= 4 is 0 Å². The molecule has 175 valence electrons. The molecule has 2 aromatic carbocycles. The fourth-order valence-electron chi connectivity index (χ4n) is 2.83. The second-order valence-corrected chi connectivity index (χ2v) is 7.50. The summed E-state index contributed by atoms with van der Waals surface area (Å²) in [5.41, 5.74) is 3.60. The van der Waals surface area contributed by atoms with Gasteiger partial charge in [-0.2, -0.15) is 13.2 Å². The first kappa shape index (κ1) is 27.9. The van der Waals surface area contributed by atoms with Gasteiger partial charge in [0.2, 0.25) is 0 Å². The van der Waals surface area contributed by atoms with Crippen LogP contribution in [0.1, 0.15) is 37.1 Å². The number of hydrogen-bond donors (Lipinski definition) is 2. The summed E-state index contributed by atoms with van der Waals surface area (Å²) in [7, 11) is 0. The van der Waals surface area contributed by atoms with Gasteiger partial charge in [-0.3, -0.25) is 4.98 Å². The Morgan fingerprint density at radius 2 is 1.53 bits per heavy atom. The monoisotopic (exact) mass is 624 g/mol. The zero-order chi connectivity index (χ0) is 23.2. The number of aliphatic hydroxyl groups is 2. The third kappa shape index (κ3) is 8.43. The molecule has 1 radical (unpaired) electrons. The second-order valence-electron chi connectivity index (χ2n) is 7.50. The third-order valence-electron chi connectivity index (χ3n) is 4.30. The van der Waals surface area contributed by atoms with Crippen molar-refractivity contribution < 1.29 is 43.5 Å². The molecular weight excluding hydrogens is 597 g/mol. The molecule has 0 aliphatic rings. The van der Waals surface area contributed by atoms with Crippen LogP contribution in [0.25, 0.3) is 22.5 Å². The van der Waals surface area contributed by atoms with E-state index in [1.54, 1.807) is 20.0 Å². The van der Waals surface area contributed by atoms with Gasteiger partial charge < -0.3 is 15.2 Å². The van der Waals surface area contributed by atoms with Gasteiger partial charge in [0.05, 0.1) is 23.6 Å². The molecule has 4 nitrogen and oxygen atoms in total. The number of aromatic nitrogens is 2. The van der Waals surface area contributed by atoms with E-state index in [1.807, 2.05) is 38.1 Å². The Hall–Kier alpha value is -2.12. The number of rotatable bonds is 4. The van der Waals surface area contributed by atoms with E-state index < -0.39 is 11.7 Å². The van der Waals surface area contributed by atoms with Crippen LogP contribution in [0.4, 0.5) is 13.2 Å². The van der Waals surface area contributed by atoms with Crippen LogP contribution in [0.3, 0.4) is 0 Å². The molecule has 2 atom stereocenters. The zero-order valence-electron chi connectivity index (χ0n) is 18.2. The Morgan fingerprint density at radius 1 is 0.938 bits per heavy atom. The first-order chi connectivity index (χ1) is 14.5. The summed E-state index contributed by atoms with van der Waals surface area (Å²) in [5, 5.41) is 17.1. The minimum atomic E-state index is -4.38. The minimum Gasteiger partial charge on any atom is -0.393 e. The van der Waals surface area contributed by atoms with E-state index in [0.29, 0.717) is 23.4 Å². The third-order valence-corrected chi connectivity index (χ3v) is 4.30. The van der Waals surface area contributed by atoms with Crippen LogP contribution in [-0.4, -0.2) is 32.4 Å². The summed E-state index contributed by atoms with van der Waals surface area (Å²) in [6.45, 7) is 7.13. The van der Waals surface area contributed by atoms with Crippen LogP contribution in [0.15, 0.2) is 48.7 Å². The van der Waals surface area contributed by atoms with Gasteiger partial charge in [-0.15, -0.1) is 29.8 Å². The fourth-order valence-corrected chi connectivity index (χ4v) is 2.83. The van der Waals surface area contributed by atoms with E-state index in [-0.39, 0.29) is 32.3 Å². The van der Waals surface area contributed by atoms with E-state index in [4.69, 9.17) is 10.2 Å². The Bertz CT molecular complexity index is 968. The molecule has 2 N–H and O–H groups in total. The summed E-state index contributed by atoms with van der Waals surface area (Å²) in [5.74, 6) is 0. The smallest absolute Gasteiger partial charge is 0.381 e. The predicted octanol–water partition coefficient (Wildman–Crippen LogP) is 5.38. The van der Waals surface area contributed by atoms with Crippen molar-refractivity contribution in [1.82, 2.24) is 9.97 Å². The molecule has 2 unspecified atom stereocenters. The van der Waals surface area contributed by atoms with E-state index in [1.165, 1.54) is 6.07 Å². The maximum atomic E-state index is 12.7. The molecule has 8 heteroatoms. The Balaban J connectivity index is 0.000000558. The number of nitrogens with zero attached hydrogens (tertiary/aromatic N) is 2. The van der Waals surface area contributed by atoms with Gasteiger partial charge in [-0.05, 0) is 45.2 Å². The summed E-state index contributed by atoms with van der Waals surface area (Å²) in [6, 6.07) is 13.8. The summed E-state index contributed by atoms with van der Waals surface area (Å²) < 4.78 is 38.1. The largest absolute Gasteiger partial charge is 0.393 e. The molecule has 0 spiro atoms. The fraction of sp³-hybridized carbons (Fsp3) is 0.333. The van der Waals surface area contributed by atoms with Gasteiger partial charge in [0, 0.05) is 32.0 Å². The Morgan fingerprint density at radius 3 is 1.97 bits per heavy atom. The van der Waals surface area contributed by atoms with Crippen molar-refractivity contribution in [2.45, 2.75) is 52.5 Å². The van der Waals surface area contributed by atoms with E-state index in [2.05, 4.69) is 16.0 Å². The van der Waals surface area contributed by atoms with Gasteiger partial charge in [0.1, 0.15) is 0 Å². The van der Waals surface area contributed by atoms with Crippen molar-refractivity contribution in [3.8, 4) is 22.5 Å². The van der Waals surface area contributed by atoms with Crippen LogP contribution in [0.5, 0.6) is 0 Å². The number of benzene rings is 2. The van der Waals surface area contributed by atoms with E-state index in [0.717, 1.165) is 29.0 Å². The van der Waals surface area contributed by atoms with E-state index >= 15 is 0 Å². The number of hydrogen-bond acceptors (Lipinski definition) is 4. The quantitative estimate of drug-likeness (QED) is 0.383. The van der Waals surface area contributed by atoms with Gasteiger partial charge in [0.25, 0.3) is 0 Å². The Kier molecular flexibility index (Phi) is 10.6. The first-order valence-electron chi connectivity index (χ1n) is 9.83. The van der Waals surface area contributed by atoms with Crippen LogP contribution in [0.2, 0.25) is 0 Å². The molecule has 3 rings (SSSR count). The van der Waals surface area contributed by atoms with E-state index in [9.17, 15) is 13.2 Å². The molecular formula is C24H26F3IrN2O2-. The molecule has 0 aliphatic heterocycles. The van der Waals surface area contributed by atoms with Gasteiger partial charge in [-0.25, -0.2) is 0 Å². The molecule has 3 aromatic rings. The molecule has 0 amide bonds. The van der Waals surface area contributed by atoms with Crippen LogP contribution in [-0.2, 0) is 26.3 Å². The van der Waals surface area contributed by atoms with Crippen molar-refractivity contribution in [3.05, 3.63) is 71.5 Å². The van der Waals surface area contributed by atoms with Crippen molar-refractivity contribution in [1.29, 1.82) is 0 Å². The average Bonchev–Trinajstić information content (AvgIpc) is 2.67. The summed E-state index contributed by atoms with van der Waals surface area (Å²) >= 11 is 0. The zero-order valence-corrected chi connectivity index (χ0v) is 20.6. The molecule has 0 saturated heterocycles. The van der Waals surface area contributed by atoms with Gasteiger partial charge >= 0.3 is 6.18 Å². The maximum Gasteiger partial charge on any atom is 0.381 e. The molecule has 32 heavy (non-hydrogen) atoms. The number of halogens is 3. The van der Waals surface area contributed by atoms with Crippen molar-refractivity contribution in [2.24, 2.45) is 0 Å². The van der Waals surface area contributed by atoms with Crippen LogP contribution >= 0.6 is 0 Å². The van der Waals surface area contributed by atoms with Crippen LogP contribution in [0, 0.1) is 19.9 Å². The van der Waals surface area contributed by atoms with Crippen molar-refractivity contribution in [3.63, 3.8) is 0 Å². The summed E-state index contributed by atoms with van der Waals surface area (Å²) in [6.07, 6.45) is -3.06. The first-order valence-corrected chi connectivity index (χ1v) is 9.83. The molecule has 0 aliphatic carbocycles. The Labute approximate surface area is 199 Å². The average molecular weight is 624 g/mol. The molecule has 1 aromatic heterocycles. The maximum absolute atomic E-state index is 12.7. The number of alkyl halides is 3. The molecule has 0 bridgehead atoms. The van der Waals surface area contributed by atoms with Gasteiger partial charge in [-0.1, -0.05) is 29.8 Å². The SMILES string of the molecule is CC(O)CC(C)O.Cc1ccc(-c2nc(C)cnc2-c2[c-]cc(C(F)(F)F)cc2)cc1.[Ir]. The second kappa shape index (κ2) is 12.2. The number of aryl methyl sites for hydroxylation is 2. The van der Waals surface area contributed by atoms with Crippen LogP contribution < -0.4 is 0 Å². The summed E-state index contributed by atoms with van der Waals surface area (Å²) in [4.78, 5) is 8.88. The standard InChI is InChI=1S/C19H14F3N2.C5H12O2.Ir/c1-12-3-5-15(6-4-12)18-17(23-11-13(2)24-18)14-7-9-16(10-8-14)19(20,21)22;1-4(6)3-5(2)7;/h3-7,9-11H,1-2H3;4-7H,3H2,1-2H3;/q-1;;. The van der Waals surface area contributed by atoms with Gasteiger partial charge in [0.15, 0.2) is 0 Å². The molecule has 1 heterocycles. The minimum absolute atomic E-state index is 0. The normalized spacial score (nSPS) is 12.8. The molecule has 0 fully saturated rings.